The van der Waals surface area contributed by atoms with Crippen LogP contribution in [0.15, 0.2) is 48.0 Å². The molecule has 0 spiro atoms. The van der Waals surface area contributed by atoms with E-state index in [9.17, 15) is 28.7 Å². The zero-order valence-electron chi connectivity index (χ0n) is 31.5. The van der Waals surface area contributed by atoms with Crippen LogP contribution in [0.5, 0.6) is 5.75 Å². The number of likely N-dealkylation sites (tertiary alicyclic amines) is 1. The van der Waals surface area contributed by atoms with Gasteiger partial charge in [0.2, 0.25) is 23.6 Å². The fourth-order valence-corrected chi connectivity index (χ4v) is 7.29. The van der Waals surface area contributed by atoms with Crippen molar-refractivity contribution >= 4 is 35.0 Å². The lowest BCUT2D eigenvalue weighted by Crippen LogP contribution is -2.57. The molecule has 1 aromatic heterocycles. The van der Waals surface area contributed by atoms with Gasteiger partial charge in [0.1, 0.15) is 23.7 Å². The second kappa shape index (κ2) is 19.1. The minimum Gasteiger partial charge on any atom is -0.493 e. The Morgan fingerprint density at radius 3 is 2.42 bits per heavy atom. The van der Waals surface area contributed by atoms with Crippen LogP contribution in [0, 0.1) is 18.2 Å². The summed E-state index contributed by atoms with van der Waals surface area (Å²) in [5.74, 6) is -1.36. The molecule has 1 aliphatic rings. The summed E-state index contributed by atoms with van der Waals surface area (Å²) in [5.41, 5.74) is 10.0. The van der Waals surface area contributed by atoms with E-state index < -0.39 is 29.5 Å². The number of unbranched alkanes of at least 4 members (excludes halogenated alkanes) is 3. The molecule has 3 aromatic rings. The van der Waals surface area contributed by atoms with Gasteiger partial charge >= 0.3 is 0 Å². The number of aliphatic hydroxyl groups is 1. The van der Waals surface area contributed by atoms with Gasteiger partial charge in [0, 0.05) is 31.9 Å². The Kier molecular flexibility index (Phi) is 14.9. The van der Waals surface area contributed by atoms with E-state index in [4.69, 9.17) is 10.5 Å². The maximum atomic E-state index is 14.2. The van der Waals surface area contributed by atoms with Crippen LogP contribution in [0.2, 0.25) is 0 Å². The summed E-state index contributed by atoms with van der Waals surface area (Å²) in [6.07, 6.45) is 3.61. The van der Waals surface area contributed by atoms with Gasteiger partial charge in [0.05, 0.1) is 34.8 Å². The molecule has 0 bridgehead atoms. The first kappa shape index (κ1) is 41.4. The van der Waals surface area contributed by atoms with Crippen LogP contribution in [0.4, 0.5) is 4.39 Å². The van der Waals surface area contributed by atoms with E-state index >= 15 is 0 Å². The van der Waals surface area contributed by atoms with Gasteiger partial charge in [-0.25, -0.2) is 9.37 Å². The summed E-state index contributed by atoms with van der Waals surface area (Å²) in [7, 11) is 0. The molecule has 11 nitrogen and oxygen atoms in total. The Morgan fingerprint density at radius 2 is 1.75 bits per heavy atom. The highest BCUT2D eigenvalue weighted by Gasteiger charge is 2.44. The first-order valence-electron chi connectivity index (χ1n) is 18.4. The van der Waals surface area contributed by atoms with Gasteiger partial charge in [-0.15, -0.1) is 11.3 Å². The van der Waals surface area contributed by atoms with E-state index in [0.29, 0.717) is 44.5 Å². The number of nitrogens with zero attached hydrogens (tertiary/aromatic N) is 2. The molecule has 4 amide bonds. The Labute approximate surface area is 315 Å². The van der Waals surface area contributed by atoms with Crippen molar-refractivity contribution in [1.29, 1.82) is 0 Å². The molecule has 4 atom stereocenters. The number of benzene rings is 2. The van der Waals surface area contributed by atoms with Crippen molar-refractivity contribution in [2.24, 2.45) is 11.1 Å². The van der Waals surface area contributed by atoms with Gasteiger partial charge in [-0.1, -0.05) is 51.5 Å². The highest BCUT2D eigenvalue weighted by molar-refractivity contribution is 7.13. The minimum absolute atomic E-state index is 0.00121. The normalized spacial score (nSPS) is 16.9. The van der Waals surface area contributed by atoms with Crippen molar-refractivity contribution in [2.45, 2.75) is 117 Å². The fraction of sp³-hybridized carbons (Fsp3) is 0.525. The van der Waals surface area contributed by atoms with Crippen LogP contribution in [0.25, 0.3) is 10.4 Å². The van der Waals surface area contributed by atoms with E-state index in [-0.39, 0.29) is 55.4 Å². The highest BCUT2D eigenvalue weighted by Crippen LogP contribution is 2.30. The van der Waals surface area contributed by atoms with Crippen LogP contribution < -0.4 is 21.1 Å². The van der Waals surface area contributed by atoms with Gasteiger partial charge in [0.25, 0.3) is 0 Å². The quantitative estimate of drug-likeness (QED) is 0.120. The molecule has 1 saturated heterocycles. The van der Waals surface area contributed by atoms with Crippen LogP contribution >= 0.6 is 11.3 Å². The molecule has 1 aliphatic heterocycles. The smallest absolute Gasteiger partial charge is 0.246 e. The maximum absolute atomic E-state index is 14.2. The predicted molar refractivity (Wildman–Crippen MR) is 203 cm³/mol. The second-order valence-electron chi connectivity index (χ2n) is 15.0. The monoisotopic (exact) mass is 751 g/mol. The predicted octanol–water partition coefficient (Wildman–Crippen LogP) is 5.77. The summed E-state index contributed by atoms with van der Waals surface area (Å²) < 4.78 is 19.9. The molecule has 0 aliphatic carbocycles. The van der Waals surface area contributed by atoms with Crippen molar-refractivity contribution in [3.05, 3.63) is 70.6 Å². The number of nitrogens with two attached hydrogens (primary N) is 1. The molecule has 0 saturated carbocycles. The summed E-state index contributed by atoms with van der Waals surface area (Å²) in [4.78, 5) is 58.4. The molecule has 0 unspecified atom stereocenters. The molecule has 288 valence electrons. The number of aliphatic hydroxyl groups excluding tert-OH is 1. The lowest BCUT2D eigenvalue weighted by Gasteiger charge is -2.35. The Balaban J connectivity index is 1.27. The first-order chi connectivity index (χ1) is 25.1. The number of halogens is 1. The Hall–Kier alpha value is -4.36. The van der Waals surface area contributed by atoms with E-state index in [2.05, 4.69) is 15.6 Å². The number of amides is 4. The number of aromatic nitrogens is 1. The minimum atomic E-state index is -0.905. The zero-order valence-corrected chi connectivity index (χ0v) is 32.3. The van der Waals surface area contributed by atoms with E-state index in [1.165, 1.54) is 17.0 Å². The summed E-state index contributed by atoms with van der Waals surface area (Å²) in [6.45, 7) is 9.77. The number of thiazole rings is 1. The standard InChI is InChI=1S/C40H54FN5O6S/c1-25(28-14-16-29(17-15-28)36-26(2)43-24-53-36)44-38(50)33-22-31(47)23-46(33)39(51)37(40(3,4)5)45-35(49)13-8-6-7-11-27-19-30(41)21-32(20-27)52-18-10-9-12-34(42)48/h14-17,19-21,24-25,31,33,37,47H,6-13,18,22-23H2,1-5H3,(H2,42,48)(H,44,50)(H,45,49)/t25-,31+,33-,37+/m0/s1. The molecular formula is C40H54FN5O6S. The third kappa shape index (κ3) is 12.3. The largest absolute Gasteiger partial charge is 0.493 e. The van der Waals surface area contributed by atoms with Crippen LogP contribution in [0.3, 0.4) is 0 Å². The molecule has 5 N–H and O–H groups in total. The molecule has 53 heavy (non-hydrogen) atoms. The average molecular weight is 752 g/mol. The molecule has 4 rings (SSSR count). The van der Waals surface area contributed by atoms with Gasteiger partial charge < -0.3 is 31.1 Å². The van der Waals surface area contributed by atoms with Crippen molar-refractivity contribution < 1.29 is 33.4 Å². The molecular weight excluding hydrogens is 698 g/mol. The van der Waals surface area contributed by atoms with Crippen LogP contribution in [0.1, 0.15) is 102 Å². The summed E-state index contributed by atoms with van der Waals surface area (Å²) in [5, 5.41) is 16.5. The second-order valence-corrected chi connectivity index (χ2v) is 15.9. The number of hydrogen-bond donors (Lipinski definition) is 4. The zero-order chi connectivity index (χ0) is 38.7. The van der Waals surface area contributed by atoms with E-state index in [1.54, 1.807) is 17.4 Å². The number of carbonyl (C=O) groups excluding carboxylic acids is 4. The highest BCUT2D eigenvalue weighted by atomic mass is 32.1. The van der Waals surface area contributed by atoms with Crippen molar-refractivity contribution in [3.8, 4) is 16.2 Å². The molecule has 1 fully saturated rings. The first-order valence-corrected chi connectivity index (χ1v) is 19.3. The maximum Gasteiger partial charge on any atom is 0.246 e. The van der Waals surface area contributed by atoms with Gasteiger partial charge in [-0.2, -0.15) is 0 Å². The van der Waals surface area contributed by atoms with Crippen LogP contribution in [-0.4, -0.2) is 70.0 Å². The molecule has 2 heterocycles. The lowest BCUT2D eigenvalue weighted by atomic mass is 9.85. The van der Waals surface area contributed by atoms with Crippen molar-refractivity contribution in [2.75, 3.05) is 13.2 Å². The summed E-state index contributed by atoms with van der Waals surface area (Å²) >= 11 is 1.57. The number of hydrogen-bond acceptors (Lipinski definition) is 8. The SMILES string of the molecule is Cc1ncsc1-c1ccc([C@H](C)NC(=O)[C@@H]2C[C@@H](O)CN2C(=O)[C@@H](NC(=O)CCCCCc2cc(F)cc(OCCCCC(N)=O)c2)C(C)(C)C)cc1. The van der Waals surface area contributed by atoms with Gasteiger partial charge in [0.15, 0.2) is 0 Å². The number of ether oxygens (including phenoxy) is 1. The van der Waals surface area contributed by atoms with Crippen molar-refractivity contribution in [1.82, 2.24) is 20.5 Å². The number of primary amides is 1. The topological polar surface area (TPSA) is 164 Å². The fourth-order valence-electron chi connectivity index (χ4n) is 6.48. The third-order valence-electron chi connectivity index (χ3n) is 9.45. The average Bonchev–Trinajstić information content (AvgIpc) is 3.71. The van der Waals surface area contributed by atoms with Gasteiger partial charge in [-0.3, -0.25) is 19.2 Å². The molecule has 13 heteroatoms. The van der Waals surface area contributed by atoms with Gasteiger partial charge in [-0.05, 0) is 80.2 Å². The number of nitrogens with one attached hydrogen (secondary N) is 2. The van der Waals surface area contributed by atoms with E-state index in [0.717, 1.165) is 33.7 Å². The van der Waals surface area contributed by atoms with E-state index in [1.807, 2.05) is 64.4 Å². The van der Waals surface area contributed by atoms with Crippen molar-refractivity contribution in [3.63, 3.8) is 0 Å². The number of aryl methyl sites for hydroxylation is 2. The number of β-amino-alcohol motifs (C(OH)–C–C–N with tert-alkyl or cyclic N) is 1. The molecule has 2 aromatic carbocycles. The number of carbonyl (C=O) groups is 4. The Morgan fingerprint density at radius 1 is 1.04 bits per heavy atom. The lowest BCUT2D eigenvalue weighted by molar-refractivity contribution is -0.144. The third-order valence-corrected chi connectivity index (χ3v) is 10.4. The Bertz CT molecular complexity index is 1710. The summed E-state index contributed by atoms with van der Waals surface area (Å²) in [6, 6.07) is 10.4. The number of rotatable bonds is 18. The molecule has 0 radical (unpaired) electrons. The van der Waals surface area contributed by atoms with Crippen LogP contribution in [-0.2, 0) is 25.6 Å².